The Bertz CT molecular complexity index is 349. The standard InChI is InChI=1S/C12H18N2O2/c1-9-6-10(13)2-3-12(9)14-7-11-8-15-4-5-16-11/h2-3,6,11,14H,4-5,7-8,13H2,1H3. The second-order valence-corrected chi connectivity index (χ2v) is 4.02. The van der Waals surface area contributed by atoms with E-state index in [1.54, 1.807) is 0 Å². The summed E-state index contributed by atoms with van der Waals surface area (Å²) in [7, 11) is 0. The summed E-state index contributed by atoms with van der Waals surface area (Å²) in [6, 6.07) is 5.85. The van der Waals surface area contributed by atoms with Crippen LogP contribution in [0.4, 0.5) is 11.4 Å². The molecule has 0 amide bonds. The molecule has 0 spiro atoms. The molecule has 4 heteroatoms. The van der Waals surface area contributed by atoms with Gasteiger partial charge in [0.25, 0.3) is 0 Å². The summed E-state index contributed by atoms with van der Waals surface area (Å²) in [6.07, 6.45) is 0.144. The van der Waals surface area contributed by atoms with Crippen LogP contribution in [0.15, 0.2) is 18.2 Å². The predicted molar refractivity (Wildman–Crippen MR) is 64.6 cm³/mol. The number of benzene rings is 1. The first-order chi connectivity index (χ1) is 7.75. The average Bonchev–Trinajstić information content (AvgIpc) is 2.29. The molecule has 1 heterocycles. The minimum Gasteiger partial charge on any atom is -0.399 e. The molecule has 3 N–H and O–H groups in total. The van der Waals surface area contributed by atoms with Crippen molar-refractivity contribution >= 4 is 11.4 Å². The molecule has 1 fully saturated rings. The number of rotatable bonds is 3. The maximum Gasteiger partial charge on any atom is 0.0981 e. The Kier molecular flexibility index (Phi) is 3.64. The van der Waals surface area contributed by atoms with E-state index in [1.165, 1.54) is 0 Å². The van der Waals surface area contributed by atoms with Crippen LogP contribution in [0.25, 0.3) is 0 Å². The molecule has 1 aromatic rings. The van der Waals surface area contributed by atoms with Crippen molar-refractivity contribution in [2.24, 2.45) is 0 Å². The molecule has 1 unspecified atom stereocenters. The Labute approximate surface area is 95.7 Å². The number of hydrogen-bond acceptors (Lipinski definition) is 4. The Morgan fingerprint density at radius 1 is 1.44 bits per heavy atom. The van der Waals surface area contributed by atoms with Crippen molar-refractivity contribution in [2.75, 3.05) is 37.4 Å². The van der Waals surface area contributed by atoms with Crippen LogP contribution in [-0.2, 0) is 9.47 Å². The van der Waals surface area contributed by atoms with E-state index in [-0.39, 0.29) is 6.10 Å². The molecule has 0 radical (unpaired) electrons. The lowest BCUT2D eigenvalue weighted by atomic mass is 10.1. The number of nitrogen functional groups attached to an aromatic ring is 1. The third-order valence-corrected chi connectivity index (χ3v) is 2.66. The molecule has 2 rings (SSSR count). The smallest absolute Gasteiger partial charge is 0.0981 e. The Hall–Kier alpha value is -1.26. The van der Waals surface area contributed by atoms with Crippen LogP contribution in [-0.4, -0.2) is 32.5 Å². The summed E-state index contributed by atoms with van der Waals surface area (Å²) in [5, 5.41) is 3.35. The lowest BCUT2D eigenvalue weighted by molar-refractivity contribution is -0.0818. The average molecular weight is 222 g/mol. The number of anilines is 2. The Balaban J connectivity index is 1.88. The zero-order chi connectivity index (χ0) is 11.4. The molecule has 0 aromatic heterocycles. The van der Waals surface area contributed by atoms with E-state index in [0.29, 0.717) is 19.8 Å². The summed E-state index contributed by atoms with van der Waals surface area (Å²) in [5.74, 6) is 0. The van der Waals surface area contributed by atoms with Crippen LogP contribution >= 0.6 is 0 Å². The highest BCUT2D eigenvalue weighted by Crippen LogP contribution is 2.17. The first-order valence-corrected chi connectivity index (χ1v) is 5.55. The van der Waals surface area contributed by atoms with Crippen molar-refractivity contribution in [3.63, 3.8) is 0 Å². The maximum absolute atomic E-state index is 5.69. The van der Waals surface area contributed by atoms with Gasteiger partial charge >= 0.3 is 0 Å². The van der Waals surface area contributed by atoms with Crippen LogP contribution in [0, 0.1) is 6.92 Å². The van der Waals surface area contributed by atoms with Crippen LogP contribution in [0.2, 0.25) is 0 Å². The lowest BCUT2D eigenvalue weighted by Crippen LogP contribution is -2.34. The second-order valence-electron chi connectivity index (χ2n) is 4.02. The summed E-state index contributed by atoms with van der Waals surface area (Å²) in [5.41, 5.74) is 8.74. The molecular weight excluding hydrogens is 204 g/mol. The van der Waals surface area contributed by atoms with Gasteiger partial charge in [0.1, 0.15) is 0 Å². The van der Waals surface area contributed by atoms with Crippen molar-refractivity contribution in [1.82, 2.24) is 0 Å². The van der Waals surface area contributed by atoms with Gasteiger partial charge < -0.3 is 20.5 Å². The molecule has 4 nitrogen and oxygen atoms in total. The van der Waals surface area contributed by atoms with Gasteiger partial charge in [-0.15, -0.1) is 0 Å². The molecule has 0 saturated carbocycles. The minimum atomic E-state index is 0.144. The lowest BCUT2D eigenvalue weighted by Gasteiger charge is -2.24. The van der Waals surface area contributed by atoms with Crippen molar-refractivity contribution < 1.29 is 9.47 Å². The molecule has 1 aliphatic heterocycles. The number of nitrogens with one attached hydrogen (secondary N) is 1. The van der Waals surface area contributed by atoms with Crippen molar-refractivity contribution in [1.29, 1.82) is 0 Å². The Morgan fingerprint density at radius 2 is 2.31 bits per heavy atom. The maximum atomic E-state index is 5.69. The molecular formula is C12H18N2O2. The fourth-order valence-corrected chi connectivity index (χ4v) is 1.76. The highest BCUT2D eigenvalue weighted by Gasteiger charge is 2.13. The van der Waals surface area contributed by atoms with Crippen LogP contribution in [0.1, 0.15) is 5.56 Å². The molecule has 0 bridgehead atoms. The fourth-order valence-electron chi connectivity index (χ4n) is 1.76. The van der Waals surface area contributed by atoms with Gasteiger partial charge in [-0.05, 0) is 30.7 Å². The first-order valence-electron chi connectivity index (χ1n) is 5.55. The van der Waals surface area contributed by atoms with E-state index in [0.717, 1.165) is 23.5 Å². The van der Waals surface area contributed by atoms with Crippen molar-refractivity contribution in [3.05, 3.63) is 23.8 Å². The highest BCUT2D eigenvalue weighted by atomic mass is 16.6. The molecule has 1 saturated heterocycles. The largest absolute Gasteiger partial charge is 0.399 e. The van der Waals surface area contributed by atoms with E-state index in [1.807, 2.05) is 25.1 Å². The second kappa shape index (κ2) is 5.18. The van der Waals surface area contributed by atoms with Gasteiger partial charge in [-0.3, -0.25) is 0 Å². The minimum absolute atomic E-state index is 0.144. The van der Waals surface area contributed by atoms with Gasteiger partial charge in [-0.1, -0.05) is 0 Å². The monoisotopic (exact) mass is 222 g/mol. The molecule has 16 heavy (non-hydrogen) atoms. The number of aryl methyl sites for hydroxylation is 1. The zero-order valence-corrected chi connectivity index (χ0v) is 9.53. The van der Waals surface area contributed by atoms with E-state index in [4.69, 9.17) is 15.2 Å². The fraction of sp³-hybridized carbons (Fsp3) is 0.500. The van der Waals surface area contributed by atoms with Crippen molar-refractivity contribution in [2.45, 2.75) is 13.0 Å². The quantitative estimate of drug-likeness (QED) is 0.759. The first kappa shape index (κ1) is 11.2. The predicted octanol–water partition coefficient (Wildman–Crippen LogP) is 1.40. The topological polar surface area (TPSA) is 56.5 Å². The summed E-state index contributed by atoms with van der Waals surface area (Å²) in [6.45, 7) is 4.87. The van der Waals surface area contributed by atoms with Gasteiger partial charge in [-0.25, -0.2) is 0 Å². The normalized spacial score (nSPS) is 20.7. The van der Waals surface area contributed by atoms with Gasteiger partial charge in [0.15, 0.2) is 0 Å². The van der Waals surface area contributed by atoms with Crippen LogP contribution in [0.3, 0.4) is 0 Å². The van der Waals surface area contributed by atoms with E-state index >= 15 is 0 Å². The zero-order valence-electron chi connectivity index (χ0n) is 9.53. The molecule has 1 aliphatic rings. The summed E-state index contributed by atoms with van der Waals surface area (Å²) < 4.78 is 10.9. The third kappa shape index (κ3) is 2.87. The summed E-state index contributed by atoms with van der Waals surface area (Å²) >= 11 is 0. The van der Waals surface area contributed by atoms with Crippen molar-refractivity contribution in [3.8, 4) is 0 Å². The SMILES string of the molecule is Cc1cc(N)ccc1NCC1COCCO1. The van der Waals surface area contributed by atoms with Crippen LogP contribution < -0.4 is 11.1 Å². The van der Waals surface area contributed by atoms with E-state index in [9.17, 15) is 0 Å². The van der Waals surface area contributed by atoms with Gasteiger partial charge in [-0.2, -0.15) is 0 Å². The molecule has 1 aromatic carbocycles. The molecule has 88 valence electrons. The molecule has 1 atom stereocenters. The Morgan fingerprint density at radius 3 is 3.00 bits per heavy atom. The number of ether oxygens (including phenoxy) is 2. The third-order valence-electron chi connectivity index (χ3n) is 2.66. The van der Waals surface area contributed by atoms with E-state index in [2.05, 4.69) is 5.32 Å². The van der Waals surface area contributed by atoms with Gasteiger partial charge in [0.05, 0.1) is 25.9 Å². The van der Waals surface area contributed by atoms with Gasteiger partial charge in [0.2, 0.25) is 0 Å². The summed E-state index contributed by atoms with van der Waals surface area (Å²) in [4.78, 5) is 0. The molecule has 0 aliphatic carbocycles. The number of nitrogens with two attached hydrogens (primary N) is 1. The number of hydrogen-bond donors (Lipinski definition) is 2. The highest BCUT2D eigenvalue weighted by molar-refractivity contribution is 5.57. The van der Waals surface area contributed by atoms with Gasteiger partial charge in [0, 0.05) is 17.9 Å². The van der Waals surface area contributed by atoms with Crippen LogP contribution in [0.5, 0.6) is 0 Å². The van der Waals surface area contributed by atoms with E-state index < -0.39 is 0 Å².